The third kappa shape index (κ3) is 4.09. The van der Waals surface area contributed by atoms with E-state index in [1.807, 2.05) is 18.5 Å². The first kappa shape index (κ1) is 17.0. The molecule has 1 aromatic rings. The average Bonchev–Trinajstić information content (AvgIpc) is 2.68. The Bertz CT molecular complexity index is 522. The van der Waals surface area contributed by atoms with E-state index in [4.69, 9.17) is 0 Å². The zero-order valence-corrected chi connectivity index (χ0v) is 14.2. The zero-order chi connectivity index (χ0) is 16.3. The summed E-state index contributed by atoms with van der Waals surface area (Å²) in [6.07, 6.45) is 3.73. The van der Waals surface area contributed by atoms with E-state index in [2.05, 4.69) is 24.3 Å². The van der Waals surface area contributed by atoms with Crippen molar-refractivity contribution in [2.24, 2.45) is 5.92 Å². The Balaban J connectivity index is 2.00. The van der Waals surface area contributed by atoms with Gasteiger partial charge in [0.15, 0.2) is 0 Å². The third-order valence-electron chi connectivity index (χ3n) is 4.48. The van der Waals surface area contributed by atoms with E-state index in [0.717, 1.165) is 49.2 Å². The summed E-state index contributed by atoms with van der Waals surface area (Å²) in [6.45, 7) is 9.18. The van der Waals surface area contributed by atoms with E-state index >= 15 is 0 Å². The minimum atomic E-state index is -0.399. The molecule has 124 valence electrons. The van der Waals surface area contributed by atoms with E-state index in [1.165, 1.54) is 0 Å². The van der Waals surface area contributed by atoms with Gasteiger partial charge in [-0.1, -0.05) is 26.7 Å². The van der Waals surface area contributed by atoms with Gasteiger partial charge in [-0.3, -0.25) is 9.48 Å². The van der Waals surface area contributed by atoms with Gasteiger partial charge in [0, 0.05) is 17.8 Å². The minimum absolute atomic E-state index is 0.0127. The van der Waals surface area contributed by atoms with Crippen molar-refractivity contribution < 1.29 is 9.90 Å². The normalized spacial score (nSPS) is 22.1. The van der Waals surface area contributed by atoms with Crippen molar-refractivity contribution in [2.75, 3.05) is 0 Å². The van der Waals surface area contributed by atoms with Crippen molar-refractivity contribution in [3.63, 3.8) is 0 Å². The molecule has 1 amide bonds. The second-order valence-corrected chi connectivity index (χ2v) is 6.93. The van der Waals surface area contributed by atoms with Crippen LogP contribution in [-0.4, -0.2) is 32.9 Å². The number of nitrogens with one attached hydrogen (secondary N) is 1. The summed E-state index contributed by atoms with van der Waals surface area (Å²) in [7, 11) is 0. The molecule has 1 aromatic heterocycles. The Morgan fingerprint density at radius 3 is 2.68 bits per heavy atom. The molecule has 2 atom stereocenters. The van der Waals surface area contributed by atoms with Crippen LogP contribution in [0, 0.1) is 19.8 Å². The van der Waals surface area contributed by atoms with Crippen molar-refractivity contribution in [3.8, 4) is 0 Å². The van der Waals surface area contributed by atoms with E-state index in [-0.39, 0.29) is 11.9 Å². The Morgan fingerprint density at radius 1 is 1.36 bits per heavy atom. The van der Waals surface area contributed by atoms with Crippen LogP contribution < -0.4 is 5.32 Å². The summed E-state index contributed by atoms with van der Waals surface area (Å²) in [5.74, 6) is 0.512. The van der Waals surface area contributed by atoms with Gasteiger partial charge in [0.25, 0.3) is 0 Å². The molecule has 0 bridgehead atoms. The lowest BCUT2D eigenvalue weighted by molar-refractivity contribution is -0.122. The molecule has 0 aromatic carbocycles. The Morgan fingerprint density at radius 2 is 2.05 bits per heavy atom. The van der Waals surface area contributed by atoms with Crippen LogP contribution in [0.25, 0.3) is 0 Å². The van der Waals surface area contributed by atoms with Gasteiger partial charge < -0.3 is 10.4 Å². The monoisotopic (exact) mass is 307 g/mol. The van der Waals surface area contributed by atoms with E-state index in [9.17, 15) is 9.90 Å². The standard InChI is InChI=1S/C17H29N3O2/c1-11(2)10-20-13(4)14(12(3)19-20)9-17(22)18-15-7-5-6-8-16(15)21/h11,15-16,21H,5-10H2,1-4H3,(H,18,22). The highest BCUT2D eigenvalue weighted by atomic mass is 16.3. The number of aromatic nitrogens is 2. The second kappa shape index (κ2) is 7.27. The molecule has 0 spiro atoms. The van der Waals surface area contributed by atoms with Crippen LogP contribution in [0.1, 0.15) is 56.5 Å². The lowest BCUT2D eigenvalue weighted by atomic mass is 9.92. The predicted octanol–water partition coefficient (Wildman–Crippen LogP) is 2.12. The van der Waals surface area contributed by atoms with Crippen molar-refractivity contribution >= 4 is 5.91 Å². The average molecular weight is 307 g/mol. The number of carbonyl (C=O) groups is 1. The van der Waals surface area contributed by atoms with Gasteiger partial charge in [-0.2, -0.15) is 5.10 Å². The highest BCUT2D eigenvalue weighted by Crippen LogP contribution is 2.19. The first-order valence-electron chi connectivity index (χ1n) is 8.38. The second-order valence-electron chi connectivity index (χ2n) is 6.93. The number of aliphatic hydroxyl groups excluding tert-OH is 1. The Kier molecular flexibility index (Phi) is 5.62. The number of rotatable bonds is 5. The van der Waals surface area contributed by atoms with Crippen molar-refractivity contribution in [1.29, 1.82) is 0 Å². The minimum Gasteiger partial charge on any atom is -0.391 e. The molecular weight excluding hydrogens is 278 g/mol. The fourth-order valence-electron chi connectivity index (χ4n) is 3.21. The van der Waals surface area contributed by atoms with Crippen LogP contribution in [-0.2, 0) is 17.8 Å². The lowest BCUT2D eigenvalue weighted by Gasteiger charge is -2.28. The summed E-state index contributed by atoms with van der Waals surface area (Å²) in [6, 6.07) is -0.0902. The van der Waals surface area contributed by atoms with Crippen molar-refractivity contribution in [1.82, 2.24) is 15.1 Å². The molecule has 0 aliphatic heterocycles. The largest absolute Gasteiger partial charge is 0.391 e. The molecule has 2 rings (SSSR count). The fourth-order valence-corrected chi connectivity index (χ4v) is 3.21. The van der Waals surface area contributed by atoms with Gasteiger partial charge in [-0.25, -0.2) is 0 Å². The van der Waals surface area contributed by atoms with Crippen molar-refractivity contribution in [3.05, 3.63) is 17.0 Å². The molecule has 1 aliphatic carbocycles. The van der Waals surface area contributed by atoms with Gasteiger partial charge in [0.2, 0.25) is 5.91 Å². The van der Waals surface area contributed by atoms with Crippen LogP contribution in [0.15, 0.2) is 0 Å². The molecule has 2 unspecified atom stereocenters. The number of hydrogen-bond acceptors (Lipinski definition) is 3. The predicted molar refractivity (Wildman–Crippen MR) is 86.6 cm³/mol. The summed E-state index contributed by atoms with van der Waals surface area (Å²) < 4.78 is 2.00. The fraction of sp³-hybridized carbons (Fsp3) is 0.765. The molecule has 5 heteroatoms. The van der Waals surface area contributed by atoms with Crippen LogP contribution in [0.2, 0.25) is 0 Å². The smallest absolute Gasteiger partial charge is 0.224 e. The van der Waals surface area contributed by atoms with Gasteiger partial charge in [0.1, 0.15) is 0 Å². The quantitative estimate of drug-likeness (QED) is 0.875. The highest BCUT2D eigenvalue weighted by Gasteiger charge is 2.25. The zero-order valence-electron chi connectivity index (χ0n) is 14.2. The van der Waals surface area contributed by atoms with Gasteiger partial charge >= 0.3 is 0 Å². The molecule has 22 heavy (non-hydrogen) atoms. The molecule has 0 saturated heterocycles. The number of aliphatic hydroxyl groups is 1. The van der Waals surface area contributed by atoms with E-state index in [0.29, 0.717) is 12.3 Å². The number of carbonyl (C=O) groups excluding carboxylic acids is 1. The summed E-state index contributed by atoms with van der Waals surface area (Å²) >= 11 is 0. The number of nitrogens with zero attached hydrogens (tertiary/aromatic N) is 2. The van der Waals surface area contributed by atoms with Gasteiger partial charge in [0.05, 0.1) is 24.3 Å². The third-order valence-corrected chi connectivity index (χ3v) is 4.48. The van der Waals surface area contributed by atoms with Crippen LogP contribution in [0.4, 0.5) is 0 Å². The van der Waals surface area contributed by atoms with Crippen molar-refractivity contribution in [2.45, 2.75) is 78.5 Å². The van der Waals surface area contributed by atoms with Crippen LogP contribution >= 0.6 is 0 Å². The Hall–Kier alpha value is -1.36. The van der Waals surface area contributed by atoms with Crippen LogP contribution in [0.5, 0.6) is 0 Å². The van der Waals surface area contributed by atoms with Crippen LogP contribution in [0.3, 0.4) is 0 Å². The Labute approximate surface area is 133 Å². The summed E-state index contributed by atoms with van der Waals surface area (Å²) in [5.41, 5.74) is 3.02. The maximum absolute atomic E-state index is 12.3. The summed E-state index contributed by atoms with van der Waals surface area (Å²) in [4.78, 5) is 12.3. The topological polar surface area (TPSA) is 67.2 Å². The molecule has 0 radical (unpaired) electrons. The maximum Gasteiger partial charge on any atom is 0.224 e. The lowest BCUT2D eigenvalue weighted by Crippen LogP contribution is -2.45. The van der Waals surface area contributed by atoms with Gasteiger partial charge in [-0.15, -0.1) is 0 Å². The molecule has 1 saturated carbocycles. The SMILES string of the molecule is Cc1nn(CC(C)C)c(C)c1CC(=O)NC1CCCCC1O. The van der Waals surface area contributed by atoms with Gasteiger partial charge in [-0.05, 0) is 32.6 Å². The molecule has 5 nitrogen and oxygen atoms in total. The maximum atomic E-state index is 12.3. The molecule has 1 heterocycles. The molecule has 2 N–H and O–H groups in total. The molecule has 1 aliphatic rings. The first-order chi connectivity index (χ1) is 10.4. The number of aryl methyl sites for hydroxylation is 1. The molecular formula is C17H29N3O2. The number of amides is 1. The first-order valence-corrected chi connectivity index (χ1v) is 8.38. The van der Waals surface area contributed by atoms with E-state index < -0.39 is 6.10 Å². The summed E-state index contributed by atoms with van der Waals surface area (Å²) in [5, 5.41) is 17.5. The molecule has 1 fully saturated rings. The highest BCUT2D eigenvalue weighted by molar-refractivity contribution is 5.79. The van der Waals surface area contributed by atoms with E-state index in [1.54, 1.807) is 0 Å². The number of hydrogen-bond donors (Lipinski definition) is 2.